The van der Waals surface area contributed by atoms with Gasteiger partial charge in [0.05, 0.1) is 24.3 Å². The van der Waals surface area contributed by atoms with Gasteiger partial charge in [-0.2, -0.15) is 0 Å². The maximum atomic E-state index is 14.0. The average Bonchev–Trinajstić information content (AvgIpc) is 3.30. The second kappa shape index (κ2) is 8.69. The van der Waals surface area contributed by atoms with E-state index in [1.165, 1.54) is 12.1 Å². The lowest BCUT2D eigenvalue weighted by Gasteiger charge is -2.24. The third-order valence-electron chi connectivity index (χ3n) is 5.69. The summed E-state index contributed by atoms with van der Waals surface area (Å²) in [5, 5.41) is 0. The minimum Gasteiger partial charge on any atom is -0.467 e. The molecule has 1 atom stereocenters. The summed E-state index contributed by atoms with van der Waals surface area (Å²) in [6.45, 7) is 2.43. The maximum Gasteiger partial charge on any atom is 0.256 e. The fourth-order valence-electron chi connectivity index (χ4n) is 4.09. The van der Waals surface area contributed by atoms with Crippen LogP contribution in [0.4, 0.5) is 4.39 Å². The van der Waals surface area contributed by atoms with Crippen LogP contribution in [-0.4, -0.2) is 65.1 Å². The zero-order valence-electron chi connectivity index (χ0n) is 16.6. The molecule has 2 aromatic rings. The first-order chi connectivity index (χ1) is 14.5. The van der Waals surface area contributed by atoms with E-state index in [9.17, 15) is 18.8 Å². The molecule has 0 saturated carbocycles. The molecule has 0 spiro atoms. The van der Waals surface area contributed by atoms with Gasteiger partial charge in [0.2, 0.25) is 11.8 Å². The van der Waals surface area contributed by atoms with Crippen molar-refractivity contribution in [2.75, 3.05) is 32.7 Å². The van der Waals surface area contributed by atoms with E-state index < -0.39 is 5.82 Å². The predicted octanol–water partition coefficient (Wildman–Crippen LogP) is 2.14. The second-order valence-electron chi connectivity index (χ2n) is 7.71. The van der Waals surface area contributed by atoms with Crippen LogP contribution in [0.25, 0.3) is 0 Å². The molecule has 1 aromatic carbocycles. The second-order valence-corrected chi connectivity index (χ2v) is 7.71. The monoisotopic (exact) mass is 413 g/mol. The van der Waals surface area contributed by atoms with Crippen molar-refractivity contribution in [1.82, 2.24) is 14.7 Å². The molecule has 2 aliphatic heterocycles. The molecule has 1 aromatic heterocycles. The SMILES string of the molecule is O=C1CC(C(=O)N2CCCN(C(=O)c3ccccc3F)CC2)CN1Cc1ccco1. The Labute approximate surface area is 174 Å². The highest BCUT2D eigenvalue weighted by Crippen LogP contribution is 2.23. The van der Waals surface area contributed by atoms with Gasteiger partial charge in [0.15, 0.2) is 0 Å². The molecule has 1 unspecified atom stereocenters. The van der Waals surface area contributed by atoms with Gasteiger partial charge in [0.1, 0.15) is 11.6 Å². The van der Waals surface area contributed by atoms with E-state index in [-0.39, 0.29) is 35.6 Å². The first-order valence-corrected chi connectivity index (χ1v) is 10.2. The zero-order chi connectivity index (χ0) is 21.1. The summed E-state index contributed by atoms with van der Waals surface area (Å²) >= 11 is 0. The molecular formula is C22H24FN3O4. The number of benzene rings is 1. The summed E-state index contributed by atoms with van der Waals surface area (Å²) in [5.74, 6) is -0.722. The Morgan fingerprint density at radius 1 is 1.03 bits per heavy atom. The summed E-state index contributed by atoms with van der Waals surface area (Å²) in [4.78, 5) is 43.0. The van der Waals surface area contributed by atoms with E-state index in [2.05, 4.69) is 0 Å². The van der Waals surface area contributed by atoms with Crippen LogP contribution in [0, 0.1) is 11.7 Å². The van der Waals surface area contributed by atoms with Crippen LogP contribution in [0.5, 0.6) is 0 Å². The number of nitrogens with zero attached hydrogens (tertiary/aromatic N) is 3. The number of hydrogen-bond donors (Lipinski definition) is 0. The Morgan fingerprint density at radius 2 is 1.80 bits per heavy atom. The van der Waals surface area contributed by atoms with Crippen LogP contribution in [0.15, 0.2) is 47.1 Å². The van der Waals surface area contributed by atoms with Gasteiger partial charge in [-0.25, -0.2) is 4.39 Å². The van der Waals surface area contributed by atoms with E-state index >= 15 is 0 Å². The maximum absolute atomic E-state index is 14.0. The number of rotatable bonds is 4. The van der Waals surface area contributed by atoms with Gasteiger partial charge in [-0.15, -0.1) is 0 Å². The number of carbonyl (C=O) groups excluding carboxylic acids is 3. The predicted molar refractivity (Wildman–Crippen MR) is 106 cm³/mol. The molecule has 4 rings (SSSR count). The van der Waals surface area contributed by atoms with E-state index in [1.807, 2.05) is 0 Å². The molecule has 2 fully saturated rings. The highest BCUT2D eigenvalue weighted by Gasteiger charge is 2.37. The number of likely N-dealkylation sites (tertiary alicyclic amines) is 1. The van der Waals surface area contributed by atoms with Crippen molar-refractivity contribution in [3.8, 4) is 0 Å². The molecular weight excluding hydrogens is 389 g/mol. The first-order valence-electron chi connectivity index (χ1n) is 10.2. The number of halogens is 1. The molecule has 0 radical (unpaired) electrons. The number of hydrogen-bond acceptors (Lipinski definition) is 4. The van der Waals surface area contributed by atoms with E-state index in [0.29, 0.717) is 51.4 Å². The van der Waals surface area contributed by atoms with Crippen molar-refractivity contribution in [2.45, 2.75) is 19.4 Å². The van der Waals surface area contributed by atoms with E-state index in [1.54, 1.807) is 45.2 Å². The molecule has 0 bridgehead atoms. The Kier molecular flexibility index (Phi) is 5.83. The van der Waals surface area contributed by atoms with E-state index in [0.717, 1.165) is 0 Å². The molecule has 7 nitrogen and oxygen atoms in total. The van der Waals surface area contributed by atoms with Crippen LogP contribution in [0.3, 0.4) is 0 Å². The molecule has 2 saturated heterocycles. The molecule has 2 aliphatic rings. The summed E-state index contributed by atoms with van der Waals surface area (Å²) in [6.07, 6.45) is 2.36. The van der Waals surface area contributed by atoms with E-state index in [4.69, 9.17) is 4.42 Å². The van der Waals surface area contributed by atoms with Crippen molar-refractivity contribution in [3.05, 3.63) is 59.8 Å². The van der Waals surface area contributed by atoms with Crippen LogP contribution >= 0.6 is 0 Å². The Morgan fingerprint density at radius 3 is 2.57 bits per heavy atom. The van der Waals surface area contributed by atoms with Crippen molar-refractivity contribution in [1.29, 1.82) is 0 Å². The van der Waals surface area contributed by atoms with Crippen molar-refractivity contribution in [2.24, 2.45) is 5.92 Å². The lowest BCUT2D eigenvalue weighted by atomic mass is 10.1. The minimum atomic E-state index is -0.541. The third kappa shape index (κ3) is 4.22. The average molecular weight is 413 g/mol. The van der Waals surface area contributed by atoms with Gasteiger partial charge in [0.25, 0.3) is 5.91 Å². The largest absolute Gasteiger partial charge is 0.467 e. The van der Waals surface area contributed by atoms with Gasteiger partial charge in [0, 0.05) is 39.1 Å². The van der Waals surface area contributed by atoms with Crippen molar-refractivity contribution < 1.29 is 23.2 Å². The van der Waals surface area contributed by atoms with Gasteiger partial charge in [-0.3, -0.25) is 14.4 Å². The minimum absolute atomic E-state index is 0.0484. The summed E-state index contributed by atoms with van der Waals surface area (Å²) in [6, 6.07) is 9.50. The summed E-state index contributed by atoms with van der Waals surface area (Å²) in [5.41, 5.74) is 0.0484. The third-order valence-corrected chi connectivity index (χ3v) is 5.69. The standard InChI is InChI=1S/C22H24FN3O4/c23-19-7-2-1-6-18(19)22(29)25-9-4-8-24(10-11-25)21(28)16-13-20(27)26(14-16)15-17-5-3-12-30-17/h1-3,5-7,12,16H,4,8-11,13-15H2. The molecule has 0 aliphatic carbocycles. The topological polar surface area (TPSA) is 74.1 Å². The lowest BCUT2D eigenvalue weighted by Crippen LogP contribution is -2.40. The number of carbonyl (C=O) groups is 3. The zero-order valence-corrected chi connectivity index (χ0v) is 16.6. The van der Waals surface area contributed by atoms with Crippen molar-refractivity contribution >= 4 is 17.7 Å². The van der Waals surface area contributed by atoms with Gasteiger partial charge in [-0.1, -0.05) is 12.1 Å². The summed E-state index contributed by atoms with van der Waals surface area (Å²) in [7, 11) is 0. The van der Waals surface area contributed by atoms with Gasteiger partial charge in [-0.05, 0) is 30.7 Å². The highest BCUT2D eigenvalue weighted by atomic mass is 19.1. The van der Waals surface area contributed by atoms with Gasteiger partial charge < -0.3 is 19.1 Å². The Bertz CT molecular complexity index is 930. The van der Waals surface area contributed by atoms with Crippen LogP contribution in [0.1, 0.15) is 29.0 Å². The Balaban J connectivity index is 1.35. The fraction of sp³-hybridized carbons (Fsp3) is 0.409. The van der Waals surface area contributed by atoms with Gasteiger partial charge >= 0.3 is 0 Å². The van der Waals surface area contributed by atoms with Crippen LogP contribution in [-0.2, 0) is 16.1 Å². The van der Waals surface area contributed by atoms with Crippen LogP contribution < -0.4 is 0 Å². The normalized spacial score (nSPS) is 19.8. The first kappa shape index (κ1) is 20.1. The Hall–Kier alpha value is -3.16. The number of amides is 3. The molecule has 158 valence electrons. The highest BCUT2D eigenvalue weighted by molar-refractivity contribution is 5.94. The molecule has 3 amide bonds. The molecule has 3 heterocycles. The molecule has 8 heteroatoms. The lowest BCUT2D eigenvalue weighted by molar-refractivity contribution is -0.135. The summed E-state index contributed by atoms with van der Waals surface area (Å²) < 4.78 is 19.3. The van der Waals surface area contributed by atoms with Crippen LogP contribution in [0.2, 0.25) is 0 Å². The molecule has 30 heavy (non-hydrogen) atoms. The molecule has 0 N–H and O–H groups in total. The smallest absolute Gasteiger partial charge is 0.256 e. The number of furan rings is 1. The van der Waals surface area contributed by atoms with Crippen molar-refractivity contribution in [3.63, 3.8) is 0 Å². The quantitative estimate of drug-likeness (QED) is 0.770. The fourth-order valence-corrected chi connectivity index (χ4v) is 4.09.